The van der Waals surface area contributed by atoms with Crippen molar-refractivity contribution in [2.75, 3.05) is 51.3 Å². The normalized spacial score (nSPS) is 14.9. The molecule has 1 aromatic heterocycles. The highest BCUT2D eigenvalue weighted by Crippen LogP contribution is 2.26. The van der Waals surface area contributed by atoms with Crippen LogP contribution in [0.25, 0.3) is 0 Å². The Labute approximate surface area is 168 Å². The number of nitrogens with zero attached hydrogens (tertiary/aromatic N) is 3. The number of esters is 1. The fourth-order valence-corrected chi connectivity index (χ4v) is 3.45. The average Bonchev–Trinajstić information content (AvgIpc) is 2.68. The molecule has 1 fully saturated rings. The first-order chi connectivity index (χ1) is 13.1. The van der Waals surface area contributed by atoms with E-state index in [1.54, 1.807) is 30.5 Å². The van der Waals surface area contributed by atoms with Crippen LogP contribution in [-0.2, 0) is 4.74 Å². The molecule has 1 aliphatic heterocycles. The second-order valence-electron chi connectivity index (χ2n) is 6.16. The lowest BCUT2D eigenvalue weighted by Gasteiger charge is -2.35. The largest absolute Gasteiger partial charge is 0.492 e. The van der Waals surface area contributed by atoms with Crippen LogP contribution in [0.3, 0.4) is 0 Å². The summed E-state index contributed by atoms with van der Waals surface area (Å²) in [5.41, 5.74) is 0.482. The van der Waals surface area contributed by atoms with Crippen molar-refractivity contribution in [1.82, 2.24) is 9.88 Å². The topological polar surface area (TPSA) is 54.9 Å². The molecule has 0 saturated carbocycles. The summed E-state index contributed by atoms with van der Waals surface area (Å²) < 4.78 is 10.5. The van der Waals surface area contributed by atoms with E-state index in [0.29, 0.717) is 28.0 Å². The Balaban J connectivity index is 1.45. The average molecular weight is 410 g/mol. The smallest absolute Gasteiger partial charge is 0.337 e. The van der Waals surface area contributed by atoms with E-state index in [2.05, 4.69) is 14.8 Å². The van der Waals surface area contributed by atoms with Crippen LogP contribution in [-0.4, -0.2) is 62.3 Å². The number of piperazine rings is 1. The standard InChI is InChI=1S/C19H21Cl2N3O3/c1-26-19(25)14-3-2-4-16(11-14)27-10-9-23-5-7-24(8-6-23)18-17(21)12-15(20)13-22-18/h2-4,11-13H,5-10H2,1H3. The lowest BCUT2D eigenvalue weighted by atomic mass is 10.2. The summed E-state index contributed by atoms with van der Waals surface area (Å²) in [4.78, 5) is 20.4. The molecule has 0 unspecified atom stereocenters. The molecule has 2 aromatic rings. The number of hydrogen-bond donors (Lipinski definition) is 0. The van der Waals surface area contributed by atoms with Gasteiger partial charge in [-0.1, -0.05) is 29.3 Å². The van der Waals surface area contributed by atoms with E-state index in [-0.39, 0.29) is 5.97 Å². The molecule has 0 bridgehead atoms. The third kappa shape index (κ3) is 5.25. The molecule has 144 valence electrons. The summed E-state index contributed by atoms with van der Waals surface area (Å²) in [7, 11) is 1.36. The second kappa shape index (κ2) is 9.26. The van der Waals surface area contributed by atoms with E-state index >= 15 is 0 Å². The molecule has 0 atom stereocenters. The molecular formula is C19H21Cl2N3O3. The molecule has 27 heavy (non-hydrogen) atoms. The van der Waals surface area contributed by atoms with Gasteiger partial charge in [-0.15, -0.1) is 0 Å². The van der Waals surface area contributed by atoms with E-state index < -0.39 is 0 Å². The van der Waals surface area contributed by atoms with E-state index in [1.807, 2.05) is 6.07 Å². The minimum Gasteiger partial charge on any atom is -0.492 e. The van der Waals surface area contributed by atoms with Gasteiger partial charge < -0.3 is 14.4 Å². The summed E-state index contributed by atoms with van der Waals surface area (Å²) >= 11 is 12.1. The number of methoxy groups -OCH3 is 1. The van der Waals surface area contributed by atoms with Crippen LogP contribution in [0, 0.1) is 0 Å². The number of pyridine rings is 1. The van der Waals surface area contributed by atoms with Crippen molar-refractivity contribution in [1.29, 1.82) is 0 Å². The molecule has 1 aliphatic rings. The number of anilines is 1. The van der Waals surface area contributed by atoms with Crippen LogP contribution in [0.1, 0.15) is 10.4 Å². The van der Waals surface area contributed by atoms with Crippen LogP contribution in [0.2, 0.25) is 10.0 Å². The highest BCUT2D eigenvalue weighted by atomic mass is 35.5. The number of carbonyl (C=O) groups excluding carboxylic acids is 1. The van der Waals surface area contributed by atoms with Crippen LogP contribution in [0.4, 0.5) is 5.82 Å². The first-order valence-corrected chi connectivity index (χ1v) is 9.42. The fraction of sp³-hybridized carbons (Fsp3) is 0.368. The van der Waals surface area contributed by atoms with E-state index in [1.165, 1.54) is 7.11 Å². The van der Waals surface area contributed by atoms with Gasteiger partial charge in [0.2, 0.25) is 0 Å². The van der Waals surface area contributed by atoms with Crippen LogP contribution >= 0.6 is 23.2 Å². The van der Waals surface area contributed by atoms with Crippen molar-refractivity contribution in [2.45, 2.75) is 0 Å². The van der Waals surface area contributed by atoms with Crippen LogP contribution in [0.5, 0.6) is 5.75 Å². The van der Waals surface area contributed by atoms with Crippen LogP contribution < -0.4 is 9.64 Å². The maximum atomic E-state index is 11.6. The van der Waals surface area contributed by atoms with Crippen molar-refractivity contribution in [3.63, 3.8) is 0 Å². The first kappa shape index (κ1) is 19.7. The van der Waals surface area contributed by atoms with Gasteiger partial charge in [0.05, 0.1) is 22.7 Å². The maximum Gasteiger partial charge on any atom is 0.337 e. The molecule has 2 heterocycles. The van der Waals surface area contributed by atoms with Gasteiger partial charge in [-0.05, 0) is 24.3 Å². The highest BCUT2D eigenvalue weighted by Gasteiger charge is 2.20. The zero-order chi connectivity index (χ0) is 19.2. The number of rotatable bonds is 6. The quantitative estimate of drug-likeness (QED) is 0.681. The van der Waals surface area contributed by atoms with Crippen molar-refractivity contribution in [3.05, 3.63) is 52.1 Å². The third-order valence-electron chi connectivity index (χ3n) is 4.39. The summed E-state index contributed by atoms with van der Waals surface area (Å²) in [6.45, 7) is 4.82. The number of ether oxygens (including phenoxy) is 2. The lowest BCUT2D eigenvalue weighted by Crippen LogP contribution is -2.47. The van der Waals surface area contributed by atoms with Gasteiger partial charge in [0, 0.05) is 38.9 Å². The second-order valence-corrected chi connectivity index (χ2v) is 7.00. The molecule has 3 rings (SSSR count). The summed E-state index contributed by atoms with van der Waals surface area (Å²) in [6.07, 6.45) is 1.62. The molecule has 0 aliphatic carbocycles. The van der Waals surface area contributed by atoms with Gasteiger partial charge in [-0.25, -0.2) is 9.78 Å². The molecule has 8 heteroatoms. The molecule has 0 radical (unpaired) electrons. The monoisotopic (exact) mass is 409 g/mol. The van der Waals surface area contributed by atoms with E-state index in [4.69, 9.17) is 32.7 Å². The molecular weight excluding hydrogens is 389 g/mol. The number of aromatic nitrogens is 1. The Bertz CT molecular complexity index is 796. The molecule has 0 amide bonds. The highest BCUT2D eigenvalue weighted by molar-refractivity contribution is 6.36. The van der Waals surface area contributed by atoms with E-state index in [0.717, 1.165) is 38.5 Å². The number of hydrogen-bond acceptors (Lipinski definition) is 6. The Morgan fingerprint density at radius 2 is 1.96 bits per heavy atom. The zero-order valence-corrected chi connectivity index (χ0v) is 16.5. The van der Waals surface area contributed by atoms with Crippen molar-refractivity contribution in [2.24, 2.45) is 0 Å². The van der Waals surface area contributed by atoms with Crippen molar-refractivity contribution < 1.29 is 14.3 Å². The molecule has 6 nitrogen and oxygen atoms in total. The molecule has 1 saturated heterocycles. The molecule has 0 spiro atoms. The number of halogens is 2. The Morgan fingerprint density at radius 3 is 2.67 bits per heavy atom. The minimum atomic E-state index is -0.369. The molecule has 1 aromatic carbocycles. The zero-order valence-electron chi connectivity index (χ0n) is 15.0. The predicted molar refractivity (Wildman–Crippen MR) is 106 cm³/mol. The third-order valence-corrected chi connectivity index (χ3v) is 4.88. The molecule has 0 N–H and O–H groups in total. The summed E-state index contributed by atoms with van der Waals surface area (Å²) in [5, 5.41) is 1.11. The minimum absolute atomic E-state index is 0.369. The predicted octanol–water partition coefficient (Wildman–Crippen LogP) is 3.38. The first-order valence-electron chi connectivity index (χ1n) is 8.66. The maximum absolute atomic E-state index is 11.6. The van der Waals surface area contributed by atoms with Gasteiger partial charge >= 0.3 is 5.97 Å². The van der Waals surface area contributed by atoms with Gasteiger partial charge in [0.1, 0.15) is 18.2 Å². The number of carbonyl (C=O) groups is 1. The van der Waals surface area contributed by atoms with E-state index in [9.17, 15) is 4.79 Å². The summed E-state index contributed by atoms with van der Waals surface area (Å²) in [5.74, 6) is 1.07. The summed E-state index contributed by atoms with van der Waals surface area (Å²) in [6, 6.07) is 8.72. The van der Waals surface area contributed by atoms with Crippen molar-refractivity contribution >= 4 is 35.0 Å². The fourth-order valence-electron chi connectivity index (χ4n) is 2.95. The Kier molecular flexibility index (Phi) is 6.77. The van der Waals surface area contributed by atoms with Gasteiger partial charge in [0.15, 0.2) is 0 Å². The van der Waals surface area contributed by atoms with Crippen molar-refractivity contribution in [3.8, 4) is 5.75 Å². The van der Waals surface area contributed by atoms with Gasteiger partial charge in [-0.2, -0.15) is 0 Å². The number of benzene rings is 1. The lowest BCUT2D eigenvalue weighted by molar-refractivity contribution is 0.0600. The van der Waals surface area contributed by atoms with Crippen LogP contribution in [0.15, 0.2) is 36.5 Å². The van der Waals surface area contributed by atoms with Gasteiger partial charge in [-0.3, -0.25) is 4.90 Å². The SMILES string of the molecule is COC(=O)c1cccc(OCCN2CCN(c3ncc(Cl)cc3Cl)CC2)c1. The Hall–Kier alpha value is -2.02. The Morgan fingerprint density at radius 1 is 1.19 bits per heavy atom. The van der Waals surface area contributed by atoms with Gasteiger partial charge in [0.25, 0.3) is 0 Å².